The molecule has 2 heterocycles. The van der Waals surface area contributed by atoms with Crippen molar-refractivity contribution in [2.45, 2.75) is 50.4 Å². The van der Waals surface area contributed by atoms with Crippen molar-refractivity contribution in [2.24, 2.45) is 5.92 Å². The van der Waals surface area contributed by atoms with E-state index in [1.54, 1.807) is 11.8 Å². The fourth-order valence-corrected chi connectivity index (χ4v) is 5.07. The summed E-state index contributed by atoms with van der Waals surface area (Å²) in [6, 6.07) is 18.2. The number of piperidine rings is 1. The number of likely N-dealkylation sites (tertiary alicyclic amines) is 1. The van der Waals surface area contributed by atoms with Crippen LogP contribution in [0.5, 0.6) is 0 Å². The normalized spacial score (nSPS) is 16.8. The van der Waals surface area contributed by atoms with E-state index < -0.39 is 0 Å². The Morgan fingerprint density at radius 1 is 1.19 bits per heavy atom. The average molecular weight is 450 g/mol. The zero-order chi connectivity index (χ0) is 22.3. The van der Waals surface area contributed by atoms with Gasteiger partial charge >= 0.3 is 0 Å². The molecule has 1 N–H and O–H groups in total. The number of nitrogens with one attached hydrogen (secondary N) is 1. The standard InChI is InChI=1S/C26H31N3O2S/c1-19-6-5-13-29(16-19)17-22-11-9-21(10-12-22)15-27-26(30)24-7-3-4-8-25(24)32-18-23-14-20(2)28-31-23/h3-4,7-12,14,19H,5-6,13,15-18H2,1-2H3,(H,27,30). The van der Waals surface area contributed by atoms with Crippen LogP contribution in [-0.2, 0) is 18.8 Å². The van der Waals surface area contributed by atoms with E-state index in [4.69, 9.17) is 4.52 Å². The van der Waals surface area contributed by atoms with Crippen molar-refractivity contribution in [3.05, 3.63) is 82.7 Å². The minimum Gasteiger partial charge on any atom is -0.360 e. The van der Waals surface area contributed by atoms with Crippen LogP contribution in [0, 0.1) is 12.8 Å². The van der Waals surface area contributed by atoms with E-state index in [9.17, 15) is 4.79 Å². The summed E-state index contributed by atoms with van der Waals surface area (Å²) in [6.45, 7) is 8.14. The second kappa shape index (κ2) is 10.8. The van der Waals surface area contributed by atoms with Gasteiger partial charge in [-0.1, -0.05) is 48.5 Å². The van der Waals surface area contributed by atoms with Crippen LogP contribution in [0.4, 0.5) is 0 Å². The first-order valence-corrected chi connectivity index (χ1v) is 12.3. The first kappa shape index (κ1) is 22.6. The maximum absolute atomic E-state index is 12.8. The molecule has 0 radical (unpaired) electrons. The smallest absolute Gasteiger partial charge is 0.252 e. The van der Waals surface area contributed by atoms with Crippen LogP contribution in [0.25, 0.3) is 0 Å². The Bertz CT molecular complexity index is 1030. The monoisotopic (exact) mass is 449 g/mol. The van der Waals surface area contributed by atoms with Gasteiger partial charge in [0, 0.05) is 30.6 Å². The number of rotatable bonds is 8. The molecule has 6 heteroatoms. The molecule has 1 saturated heterocycles. The van der Waals surface area contributed by atoms with Gasteiger partial charge in [0.1, 0.15) is 5.76 Å². The van der Waals surface area contributed by atoms with Gasteiger partial charge < -0.3 is 9.84 Å². The van der Waals surface area contributed by atoms with Gasteiger partial charge in [-0.2, -0.15) is 0 Å². The van der Waals surface area contributed by atoms with Crippen LogP contribution in [0.15, 0.2) is 64.0 Å². The molecule has 1 aliphatic heterocycles. The molecule has 0 saturated carbocycles. The third-order valence-corrected chi connectivity index (χ3v) is 6.90. The molecule has 1 unspecified atom stereocenters. The lowest BCUT2D eigenvalue weighted by Gasteiger charge is -2.30. The Balaban J connectivity index is 1.30. The number of aromatic nitrogens is 1. The van der Waals surface area contributed by atoms with Gasteiger partial charge in [-0.25, -0.2) is 0 Å². The lowest BCUT2D eigenvalue weighted by Crippen LogP contribution is -2.33. The van der Waals surface area contributed by atoms with Crippen molar-refractivity contribution >= 4 is 17.7 Å². The molecule has 168 valence electrons. The Kier molecular flexibility index (Phi) is 7.66. The van der Waals surface area contributed by atoms with Crippen molar-refractivity contribution in [1.82, 2.24) is 15.4 Å². The van der Waals surface area contributed by atoms with E-state index in [-0.39, 0.29) is 5.91 Å². The van der Waals surface area contributed by atoms with Gasteiger partial charge in [-0.05, 0) is 55.5 Å². The highest BCUT2D eigenvalue weighted by atomic mass is 32.2. The first-order valence-electron chi connectivity index (χ1n) is 11.3. The van der Waals surface area contributed by atoms with Crippen molar-refractivity contribution in [3.8, 4) is 0 Å². The second-order valence-electron chi connectivity index (χ2n) is 8.70. The first-order chi connectivity index (χ1) is 15.6. The van der Waals surface area contributed by atoms with Crippen LogP contribution < -0.4 is 5.32 Å². The minimum absolute atomic E-state index is 0.0618. The highest BCUT2D eigenvalue weighted by Crippen LogP contribution is 2.26. The molecule has 32 heavy (non-hydrogen) atoms. The third kappa shape index (κ3) is 6.24. The second-order valence-corrected chi connectivity index (χ2v) is 9.72. The fraction of sp³-hybridized carbons (Fsp3) is 0.385. The summed E-state index contributed by atoms with van der Waals surface area (Å²) < 4.78 is 5.28. The Hall–Kier alpha value is -2.57. The summed E-state index contributed by atoms with van der Waals surface area (Å²) in [7, 11) is 0. The molecular formula is C26H31N3O2S. The minimum atomic E-state index is -0.0618. The molecule has 1 aliphatic rings. The number of aryl methyl sites for hydroxylation is 1. The van der Waals surface area contributed by atoms with Gasteiger partial charge in [0.2, 0.25) is 0 Å². The summed E-state index contributed by atoms with van der Waals surface area (Å²) in [5, 5.41) is 6.99. The lowest BCUT2D eigenvalue weighted by molar-refractivity contribution is 0.0948. The molecule has 5 nitrogen and oxygen atoms in total. The fourth-order valence-electron chi connectivity index (χ4n) is 4.14. The largest absolute Gasteiger partial charge is 0.360 e. The molecule has 1 aromatic heterocycles. The highest BCUT2D eigenvalue weighted by molar-refractivity contribution is 7.98. The summed E-state index contributed by atoms with van der Waals surface area (Å²) in [4.78, 5) is 16.3. The number of carbonyl (C=O) groups is 1. The summed E-state index contributed by atoms with van der Waals surface area (Å²) in [5.41, 5.74) is 3.99. The van der Waals surface area contributed by atoms with E-state index in [1.165, 1.54) is 31.5 Å². The molecule has 1 fully saturated rings. The molecule has 0 bridgehead atoms. The number of nitrogens with zero attached hydrogens (tertiary/aromatic N) is 2. The van der Waals surface area contributed by atoms with Gasteiger partial charge in [0.15, 0.2) is 0 Å². The molecule has 0 spiro atoms. The maximum atomic E-state index is 12.8. The third-order valence-electron chi connectivity index (χ3n) is 5.80. The predicted molar refractivity (Wildman–Crippen MR) is 129 cm³/mol. The van der Waals surface area contributed by atoms with Gasteiger partial charge in [0.05, 0.1) is 17.0 Å². The van der Waals surface area contributed by atoms with Crippen molar-refractivity contribution in [1.29, 1.82) is 0 Å². The number of thioether (sulfide) groups is 1. The van der Waals surface area contributed by atoms with Crippen LogP contribution in [-0.4, -0.2) is 29.1 Å². The van der Waals surface area contributed by atoms with Gasteiger partial charge in [-0.3, -0.25) is 9.69 Å². The number of hydrogen-bond acceptors (Lipinski definition) is 5. The Labute approximate surface area is 194 Å². The average Bonchev–Trinajstić information content (AvgIpc) is 3.22. The molecule has 1 amide bonds. The molecule has 4 rings (SSSR count). The summed E-state index contributed by atoms with van der Waals surface area (Å²) in [6.07, 6.45) is 2.64. The van der Waals surface area contributed by atoms with E-state index >= 15 is 0 Å². The quantitative estimate of drug-likeness (QED) is 0.464. The predicted octanol–water partition coefficient (Wildman–Crippen LogP) is 5.44. The number of hydrogen-bond donors (Lipinski definition) is 1. The number of carbonyl (C=O) groups excluding carboxylic acids is 1. The number of amides is 1. The summed E-state index contributed by atoms with van der Waals surface area (Å²) >= 11 is 1.58. The van der Waals surface area contributed by atoms with Crippen LogP contribution in [0.1, 0.15) is 52.7 Å². The molecular weight excluding hydrogens is 418 g/mol. The van der Waals surface area contributed by atoms with Crippen LogP contribution in [0.2, 0.25) is 0 Å². The highest BCUT2D eigenvalue weighted by Gasteiger charge is 2.16. The van der Waals surface area contributed by atoms with E-state index in [2.05, 4.69) is 46.6 Å². The zero-order valence-electron chi connectivity index (χ0n) is 18.8. The Morgan fingerprint density at radius 2 is 1.97 bits per heavy atom. The molecule has 3 aromatic rings. The van der Waals surface area contributed by atoms with E-state index in [0.717, 1.165) is 34.4 Å². The molecule has 0 aliphatic carbocycles. The lowest BCUT2D eigenvalue weighted by atomic mass is 9.99. The maximum Gasteiger partial charge on any atom is 0.252 e. The van der Waals surface area contributed by atoms with Crippen LogP contribution in [0.3, 0.4) is 0 Å². The molecule has 2 aromatic carbocycles. The summed E-state index contributed by atoms with van der Waals surface area (Å²) in [5.74, 6) is 2.18. The van der Waals surface area contributed by atoms with E-state index in [0.29, 0.717) is 17.9 Å². The van der Waals surface area contributed by atoms with Crippen LogP contribution >= 0.6 is 11.8 Å². The zero-order valence-corrected chi connectivity index (χ0v) is 19.7. The van der Waals surface area contributed by atoms with Crippen molar-refractivity contribution in [3.63, 3.8) is 0 Å². The Morgan fingerprint density at radius 3 is 2.72 bits per heavy atom. The van der Waals surface area contributed by atoms with Crippen molar-refractivity contribution < 1.29 is 9.32 Å². The van der Waals surface area contributed by atoms with E-state index in [1.807, 2.05) is 37.3 Å². The number of benzene rings is 2. The SMILES string of the molecule is Cc1cc(CSc2ccccc2C(=O)NCc2ccc(CN3CCCC(C)C3)cc2)on1. The topological polar surface area (TPSA) is 58.4 Å². The molecule has 1 atom stereocenters. The van der Waals surface area contributed by atoms with Gasteiger partial charge in [0.25, 0.3) is 5.91 Å². The van der Waals surface area contributed by atoms with Gasteiger partial charge in [-0.15, -0.1) is 11.8 Å². The van der Waals surface area contributed by atoms with Crippen molar-refractivity contribution in [2.75, 3.05) is 13.1 Å².